The summed E-state index contributed by atoms with van der Waals surface area (Å²) in [6.07, 6.45) is 0.218. The number of carboxylic acids is 1. The standard InChI is InChI=1S/C19H21NO4/c1-13-8-9-16(17(10-13)24-2)20-18(21)12-15(19(22)23)11-14-6-4-3-5-7-14/h3-10,15H,11-12H2,1-2H3,(H,20,21)(H,22,23). The maximum Gasteiger partial charge on any atom is 0.307 e. The number of anilines is 1. The van der Waals surface area contributed by atoms with Crippen LogP contribution in [0.2, 0.25) is 0 Å². The van der Waals surface area contributed by atoms with Crippen LogP contribution < -0.4 is 10.1 Å². The van der Waals surface area contributed by atoms with Gasteiger partial charge in [-0.1, -0.05) is 36.4 Å². The zero-order chi connectivity index (χ0) is 17.5. The summed E-state index contributed by atoms with van der Waals surface area (Å²) in [5.41, 5.74) is 2.44. The highest BCUT2D eigenvalue weighted by molar-refractivity contribution is 5.94. The molecule has 0 fully saturated rings. The summed E-state index contributed by atoms with van der Waals surface area (Å²) in [6, 6.07) is 14.7. The molecule has 0 radical (unpaired) electrons. The predicted molar refractivity (Wildman–Crippen MR) is 92.2 cm³/mol. The Kier molecular flexibility index (Phi) is 5.95. The lowest BCUT2D eigenvalue weighted by molar-refractivity contribution is -0.143. The van der Waals surface area contributed by atoms with Gasteiger partial charge >= 0.3 is 5.97 Å². The molecule has 1 unspecified atom stereocenters. The number of carboxylic acid groups (broad SMARTS) is 1. The van der Waals surface area contributed by atoms with Crippen LogP contribution >= 0.6 is 0 Å². The SMILES string of the molecule is COc1cc(C)ccc1NC(=O)CC(Cc1ccccc1)C(=O)O. The van der Waals surface area contributed by atoms with Gasteiger partial charge in [0.25, 0.3) is 0 Å². The molecule has 0 heterocycles. The van der Waals surface area contributed by atoms with Gasteiger partial charge in [-0.2, -0.15) is 0 Å². The molecule has 0 spiro atoms. The molecular formula is C19H21NO4. The number of carbonyl (C=O) groups is 2. The number of rotatable bonds is 7. The number of aryl methyl sites for hydroxylation is 1. The lowest BCUT2D eigenvalue weighted by Gasteiger charge is -2.14. The Morgan fingerprint density at radius 3 is 2.50 bits per heavy atom. The normalized spacial score (nSPS) is 11.6. The summed E-state index contributed by atoms with van der Waals surface area (Å²) < 4.78 is 5.24. The van der Waals surface area contributed by atoms with Crippen molar-refractivity contribution in [2.45, 2.75) is 19.8 Å². The molecule has 2 N–H and O–H groups in total. The number of benzene rings is 2. The first-order valence-electron chi connectivity index (χ1n) is 7.71. The highest BCUT2D eigenvalue weighted by Crippen LogP contribution is 2.26. The van der Waals surface area contributed by atoms with Gasteiger partial charge in [-0.25, -0.2) is 0 Å². The second-order valence-corrected chi connectivity index (χ2v) is 5.68. The van der Waals surface area contributed by atoms with Crippen molar-refractivity contribution in [2.75, 3.05) is 12.4 Å². The first kappa shape index (κ1) is 17.5. The van der Waals surface area contributed by atoms with E-state index in [4.69, 9.17) is 4.74 Å². The quantitative estimate of drug-likeness (QED) is 0.818. The van der Waals surface area contributed by atoms with Gasteiger partial charge in [-0.05, 0) is 36.6 Å². The molecule has 0 bridgehead atoms. The average molecular weight is 327 g/mol. The minimum Gasteiger partial charge on any atom is -0.495 e. The summed E-state index contributed by atoms with van der Waals surface area (Å²) in [5, 5.41) is 12.1. The van der Waals surface area contributed by atoms with Gasteiger partial charge in [-0.15, -0.1) is 0 Å². The third-order valence-electron chi connectivity index (χ3n) is 3.74. The van der Waals surface area contributed by atoms with Gasteiger partial charge < -0.3 is 15.2 Å². The summed E-state index contributed by atoms with van der Waals surface area (Å²) in [6.45, 7) is 1.93. The molecule has 5 heteroatoms. The first-order valence-corrected chi connectivity index (χ1v) is 7.71. The number of ether oxygens (including phenoxy) is 1. The van der Waals surface area contributed by atoms with E-state index in [1.54, 1.807) is 6.07 Å². The molecule has 1 amide bonds. The highest BCUT2D eigenvalue weighted by atomic mass is 16.5. The van der Waals surface area contributed by atoms with Crippen LogP contribution in [-0.2, 0) is 16.0 Å². The molecule has 2 aromatic carbocycles. The van der Waals surface area contributed by atoms with E-state index in [1.165, 1.54) is 7.11 Å². The Balaban J connectivity index is 2.04. The Bertz CT molecular complexity index is 713. The summed E-state index contributed by atoms with van der Waals surface area (Å²) in [7, 11) is 1.53. The Morgan fingerprint density at radius 2 is 1.88 bits per heavy atom. The minimum atomic E-state index is -0.982. The number of carbonyl (C=O) groups excluding carboxylic acids is 1. The zero-order valence-electron chi connectivity index (χ0n) is 13.8. The molecular weight excluding hydrogens is 306 g/mol. The fraction of sp³-hybridized carbons (Fsp3) is 0.263. The highest BCUT2D eigenvalue weighted by Gasteiger charge is 2.22. The largest absolute Gasteiger partial charge is 0.495 e. The Labute approximate surface area is 141 Å². The van der Waals surface area contributed by atoms with E-state index in [0.717, 1.165) is 11.1 Å². The number of methoxy groups -OCH3 is 1. The number of amides is 1. The number of nitrogens with one attached hydrogen (secondary N) is 1. The van der Waals surface area contributed by atoms with Crippen molar-refractivity contribution >= 4 is 17.6 Å². The van der Waals surface area contributed by atoms with Crippen LogP contribution in [-0.4, -0.2) is 24.1 Å². The first-order chi connectivity index (χ1) is 11.5. The molecule has 0 aliphatic rings. The van der Waals surface area contributed by atoms with Crippen molar-refractivity contribution in [3.8, 4) is 5.75 Å². The Morgan fingerprint density at radius 1 is 1.17 bits per heavy atom. The van der Waals surface area contributed by atoms with E-state index in [1.807, 2.05) is 49.4 Å². The van der Waals surface area contributed by atoms with Crippen molar-refractivity contribution in [1.82, 2.24) is 0 Å². The van der Waals surface area contributed by atoms with Crippen molar-refractivity contribution in [2.24, 2.45) is 5.92 Å². The van der Waals surface area contributed by atoms with Gasteiger partial charge in [0.05, 0.1) is 18.7 Å². The van der Waals surface area contributed by atoms with E-state index in [9.17, 15) is 14.7 Å². The second-order valence-electron chi connectivity index (χ2n) is 5.68. The lowest BCUT2D eigenvalue weighted by Crippen LogP contribution is -2.24. The van der Waals surface area contributed by atoms with Crippen LogP contribution in [0.5, 0.6) is 5.75 Å². The van der Waals surface area contributed by atoms with E-state index < -0.39 is 11.9 Å². The smallest absolute Gasteiger partial charge is 0.307 e. The molecule has 2 rings (SSSR count). The molecule has 0 aliphatic heterocycles. The van der Waals surface area contributed by atoms with E-state index >= 15 is 0 Å². The van der Waals surface area contributed by atoms with Crippen LogP contribution in [0.15, 0.2) is 48.5 Å². The summed E-state index contributed by atoms with van der Waals surface area (Å²) in [5.74, 6) is -1.55. The minimum absolute atomic E-state index is 0.0960. The molecule has 0 aromatic heterocycles. The number of hydrogen-bond acceptors (Lipinski definition) is 3. The van der Waals surface area contributed by atoms with Crippen LogP contribution in [0.1, 0.15) is 17.5 Å². The van der Waals surface area contributed by atoms with Crippen molar-refractivity contribution < 1.29 is 19.4 Å². The van der Waals surface area contributed by atoms with Gasteiger partial charge in [0.1, 0.15) is 5.75 Å². The molecule has 0 aliphatic carbocycles. The van der Waals surface area contributed by atoms with E-state index in [2.05, 4.69) is 5.32 Å². The molecule has 126 valence electrons. The van der Waals surface area contributed by atoms with E-state index in [0.29, 0.717) is 17.9 Å². The van der Waals surface area contributed by atoms with E-state index in [-0.39, 0.29) is 12.3 Å². The molecule has 2 aromatic rings. The topological polar surface area (TPSA) is 75.6 Å². The third-order valence-corrected chi connectivity index (χ3v) is 3.74. The predicted octanol–water partition coefficient (Wildman–Crippen LogP) is 3.28. The molecule has 24 heavy (non-hydrogen) atoms. The third kappa shape index (κ3) is 4.84. The van der Waals surface area contributed by atoms with Gasteiger partial charge in [0.15, 0.2) is 0 Å². The monoisotopic (exact) mass is 327 g/mol. The number of aliphatic carboxylic acids is 1. The van der Waals surface area contributed by atoms with Crippen LogP contribution in [0, 0.1) is 12.8 Å². The molecule has 0 saturated heterocycles. The number of hydrogen-bond donors (Lipinski definition) is 2. The summed E-state index contributed by atoms with van der Waals surface area (Å²) >= 11 is 0. The maximum atomic E-state index is 12.2. The van der Waals surface area contributed by atoms with Gasteiger partial charge in [0, 0.05) is 6.42 Å². The molecule has 0 saturated carbocycles. The van der Waals surface area contributed by atoms with Crippen LogP contribution in [0.25, 0.3) is 0 Å². The lowest BCUT2D eigenvalue weighted by atomic mass is 9.96. The van der Waals surface area contributed by atoms with Crippen LogP contribution in [0.4, 0.5) is 5.69 Å². The van der Waals surface area contributed by atoms with Gasteiger partial charge in [-0.3, -0.25) is 9.59 Å². The summed E-state index contributed by atoms with van der Waals surface area (Å²) in [4.78, 5) is 23.7. The molecule has 5 nitrogen and oxygen atoms in total. The fourth-order valence-electron chi connectivity index (χ4n) is 2.47. The zero-order valence-corrected chi connectivity index (χ0v) is 13.8. The van der Waals surface area contributed by atoms with Gasteiger partial charge in [0.2, 0.25) is 5.91 Å². The second kappa shape index (κ2) is 8.15. The average Bonchev–Trinajstić information content (AvgIpc) is 2.56. The Hall–Kier alpha value is -2.82. The van der Waals surface area contributed by atoms with Crippen molar-refractivity contribution in [3.05, 3.63) is 59.7 Å². The van der Waals surface area contributed by atoms with Crippen LogP contribution in [0.3, 0.4) is 0 Å². The maximum absolute atomic E-state index is 12.2. The fourth-order valence-corrected chi connectivity index (χ4v) is 2.47. The van der Waals surface area contributed by atoms with Crippen molar-refractivity contribution in [3.63, 3.8) is 0 Å². The van der Waals surface area contributed by atoms with Crippen molar-refractivity contribution in [1.29, 1.82) is 0 Å². The molecule has 1 atom stereocenters.